The molecule has 0 bridgehead atoms. The van der Waals surface area contributed by atoms with Crippen LogP contribution in [0.2, 0.25) is 0 Å². The van der Waals surface area contributed by atoms with E-state index in [2.05, 4.69) is 49.5 Å². The quantitative estimate of drug-likeness (QED) is 0.739. The van der Waals surface area contributed by atoms with Crippen molar-refractivity contribution in [1.82, 2.24) is 10.3 Å². The van der Waals surface area contributed by atoms with Gasteiger partial charge in [0.05, 0.1) is 9.98 Å². The molecule has 0 unspecified atom stereocenters. The van der Waals surface area contributed by atoms with Gasteiger partial charge in [-0.3, -0.25) is 0 Å². The molecular weight excluding hydrogens is 353 g/mol. The number of nitrogens with zero attached hydrogens (tertiary/aromatic N) is 2. The van der Waals surface area contributed by atoms with E-state index in [0.717, 1.165) is 34.7 Å². The van der Waals surface area contributed by atoms with Gasteiger partial charge >= 0.3 is 0 Å². The van der Waals surface area contributed by atoms with E-state index in [9.17, 15) is 4.39 Å². The normalized spacial score (nSPS) is 10.9. The van der Waals surface area contributed by atoms with Gasteiger partial charge in [-0.25, -0.2) is 9.37 Å². The van der Waals surface area contributed by atoms with Crippen LogP contribution in [0.5, 0.6) is 0 Å². The molecule has 0 atom stereocenters. The molecule has 3 nitrogen and oxygen atoms in total. The number of halogens is 2. The number of hydrogen-bond donors (Lipinski definition) is 1. The van der Waals surface area contributed by atoms with Gasteiger partial charge in [0.25, 0.3) is 0 Å². The van der Waals surface area contributed by atoms with Crippen LogP contribution in [0.4, 0.5) is 10.2 Å². The first-order valence-electron chi connectivity index (χ1n) is 6.89. The molecule has 2 aromatic rings. The third-order valence-electron chi connectivity index (χ3n) is 3.05. The molecule has 2 aromatic heterocycles. The molecule has 2 rings (SSSR count). The number of thiophene rings is 1. The lowest BCUT2D eigenvalue weighted by Gasteiger charge is -2.21. The number of pyridine rings is 1. The molecule has 0 saturated heterocycles. The smallest absolute Gasteiger partial charge is 0.141 e. The molecule has 0 aromatic carbocycles. The van der Waals surface area contributed by atoms with Crippen LogP contribution in [0, 0.1) is 5.82 Å². The topological polar surface area (TPSA) is 28.2 Å². The van der Waals surface area contributed by atoms with Gasteiger partial charge in [-0.05, 0) is 52.0 Å². The van der Waals surface area contributed by atoms with Crippen molar-refractivity contribution in [1.29, 1.82) is 0 Å². The van der Waals surface area contributed by atoms with Gasteiger partial charge in [-0.15, -0.1) is 11.3 Å². The number of anilines is 1. The van der Waals surface area contributed by atoms with Gasteiger partial charge in [0.2, 0.25) is 0 Å². The fourth-order valence-electron chi connectivity index (χ4n) is 2.13. The summed E-state index contributed by atoms with van der Waals surface area (Å²) >= 11 is 5.13. The zero-order valence-corrected chi connectivity index (χ0v) is 14.6. The summed E-state index contributed by atoms with van der Waals surface area (Å²) in [5.41, 5.74) is 2.10. The summed E-state index contributed by atoms with van der Waals surface area (Å²) in [4.78, 5) is 6.31. The number of aromatic nitrogens is 1. The Labute approximate surface area is 137 Å². The molecule has 0 amide bonds. The zero-order valence-electron chi connectivity index (χ0n) is 12.2. The van der Waals surface area contributed by atoms with E-state index in [4.69, 9.17) is 0 Å². The first-order chi connectivity index (χ1) is 10.1. The largest absolute Gasteiger partial charge is 0.355 e. The van der Waals surface area contributed by atoms with Gasteiger partial charge in [-0.1, -0.05) is 6.92 Å². The highest BCUT2D eigenvalue weighted by molar-refractivity contribution is 9.11. The summed E-state index contributed by atoms with van der Waals surface area (Å²) in [7, 11) is 1.98. The van der Waals surface area contributed by atoms with Crippen LogP contribution in [0.1, 0.15) is 24.5 Å². The Hall–Kier alpha value is -0.980. The Balaban J connectivity index is 2.12. The summed E-state index contributed by atoms with van der Waals surface area (Å²) in [6, 6.07) is 3.66. The maximum atomic E-state index is 13.4. The van der Waals surface area contributed by atoms with E-state index in [1.165, 1.54) is 11.8 Å². The second-order valence-corrected chi connectivity index (χ2v) is 7.22. The van der Waals surface area contributed by atoms with E-state index in [1.807, 2.05) is 7.05 Å². The van der Waals surface area contributed by atoms with Gasteiger partial charge in [0.1, 0.15) is 11.6 Å². The van der Waals surface area contributed by atoms with E-state index in [1.54, 1.807) is 17.4 Å². The van der Waals surface area contributed by atoms with Crippen LogP contribution in [0.3, 0.4) is 0 Å². The third-order valence-corrected chi connectivity index (χ3v) is 4.61. The average Bonchev–Trinajstić information content (AvgIpc) is 2.84. The van der Waals surface area contributed by atoms with Crippen molar-refractivity contribution in [2.45, 2.75) is 26.4 Å². The van der Waals surface area contributed by atoms with Gasteiger partial charge in [0.15, 0.2) is 0 Å². The van der Waals surface area contributed by atoms with Crippen molar-refractivity contribution in [2.75, 3.05) is 18.5 Å². The minimum absolute atomic E-state index is 0.293. The molecule has 0 spiro atoms. The maximum absolute atomic E-state index is 13.4. The lowest BCUT2D eigenvalue weighted by Crippen LogP contribution is -2.22. The van der Waals surface area contributed by atoms with Crippen molar-refractivity contribution >= 4 is 33.1 Å². The average molecular weight is 372 g/mol. The van der Waals surface area contributed by atoms with Crippen molar-refractivity contribution in [3.63, 3.8) is 0 Å². The van der Waals surface area contributed by atoms with Crippen molar-refractivity contribution in [3.05, 3.63) is 44.4 Å². The highest BCUT2D eigenvalue weighted by Gasteiger charge is 2.11. The molecule has 114 valence electrons. The monoisotopic (exact) mass is 371 g/mol. The summed E-state index contributed by atoms with van der Waals surface area (Å²) in [5.74, 6) is 0.529. The highest BCUT2D eigenvalue weighted by atomic mass is 79.9. The van der Waals surface area contributed by atoms with Gasteiger partial charge in [-0.2, -0.15) is 0 Å². The predicted molar refractivity (Wildman–Crippen MR) is 90.3 cm³/mol. The summed E-state index contributed by atoms with van der Waals surface area (Å²) in [5, 5.41) is 5.41. The van der Waals surface area contributed by atoms with Crippen LogP contribution in [0.25, 0.3) is 0 Å². The predicted octanol–water partition coefficient (Wildman–Crippen LogP) is 4.18. The summed E-state index contributed by atoms with van der Waals surface area (Å²) in [6.45, 7) is 4.41. The third kappa shape index (κ3) is 4.76. The zero-order chi connectivity index (χ0) is 15.2. The van der Waals surface area contributed by atoms with E-state index < -0.39 is 0 Å². The molecule has 6 heteroatoms. The second-order valence-electron chi connectivity index (χ2n) is 4.93. The van der Waals surface area contributed by atoms with Crippen LogP contribution >= 0.6 is 27.3 Å². The summed E-state index contributed by atoms with van der Waals surface area (Å²) in [6.07, 6.45) is 2.33. The number of nitrogens with one attached hydrogen (secondary N) is 1. The van der Waals surface area contributed by atoms with Gasteiger partial charge in [0, 0.05) is 25.7 Å². The molecule has 2 heterocycles. The maximum Gasteiger partial charge on any atom is 0.141 e. The molecular formula is C15H19BrFN3S. The van der Waals surface area contributed by atoms with E-state index >= 15 is 0 Å². The van der Waals surface area contributed by atoms with E-state index in [-0.39, 0.29) is 5.82 Å². The second kappa shape index (κ2) is 7.87. The molecule has 0 aliphatic rings. The molecule has 1 N–H and O–H groups in total. The van der Waals surface area contributed by atoms with Crippen molar-refractivity contribution in [3.8, 4) is 0 Å². The van der Waals surface area contributed by atoms with Crippen molar-refractivity contribution < 1.29 is 4.39 Å². The lowest BCUT2D eigenvalue weighted by molar-refractivity contribution is 0.610. The molecule has 0 saturated carbocycles. The Bertz CT molecular complexity index is 588. The highest BCUT2D eigenvalue weighted by Crippen LogP contribution is 2.24. The molecule has 0 aliphatic carbocycles. The summed E-state index contributed by atoms with van der Waals surface area (Å²) < 4.78 is 14.6. The number of hydrogen-bond acceptors (Lipinski definition) is 4. The van der Waals surface area contributed by atoms with Crippen LogP contribution in [0.15, 0.2) is 27.5 Å². The number of rotatable bonds is 7. The molecule has 21 heavy (non-hydrogen) atoms. The van der Waals surface area contributed by atoms with E-state index in [0.29, 0.717) is 6.54 Å². The SMILES string of the molecule is CCCNCc1cc(F)cnc1N(C)Cc1csc(Br)c1. The fraction of sp³-hybridized carbons (Fsp3) is 0.400. The first-order valence-corrected chi connectivity index (χ1v) is 8.56. The Kier molecular flexibility index (Phi) is 6.14. The molecule has 0 fully saturated rings. The fourth-order valence-corrected chi connectivity index (χ4v) is 3.33. The molecule has 0 radical (unpaired) electrons. The minimum Gasteiger partial charge on any atom is -0.355 e. The molecule has 0 aliphatic heterocycles. The Morgan fingerprint density at radius 1 is 1.43 bits per heavy atom. The van der Waals surface area contributed by atoms with Gasteiger partial charge < -0.3 is 10.2 Å². The first kappa shape index (κ1) is 16.4. The van der Waals surface area contributed by atoms with Crippen LogP contribution in [-0.4, -0.2) is 18.6 Å². The minimum atomic E-state index is -0.293. The Morgan fingerprint density at radius 3 is 2.90 bits per heavy atom. The standard InChI is InChI=1S/C15H19BrFN3S/c1-3-4-18-7-12-6-13(17)8-19-15(12)20(2)9-11-5-14(16)21-10-11/h5-6,8,10,18H,3-4,7,9H2,1-2H3. The lowest BCUT2D eigenvalue weighted by atomic mass is 10.2. The van der Waals surface area contributed by atoms with Crippen LogP contribution < -0.4 is 10.2 Å². The van der Waals surface area contributed by atoms with Crippen LogP contribution in [-0.2, 0) is 13.1 Å². The Morgan fingerprint density at radius 2 is 2.24 bits per heavy atom. The van der Waals surface area contributed by atoms with Crippen molar-refractivity contribution in [2.24, 2.45) is 0 Å².